The molecule has 0 saturated heterocycles. The van der Waals surface area contributed by atoms with Crippen molar-refractivity contribution in [2.24, 2.45) is 0 Å². The summed E-state index contributed by atoms with van der Waals surface area (Å²) < 4.78 is 0. The maximum Gasteiger partial charge on any atom is 0.159 e. The van der Waals surface area contributed by atoms with Gasteiger partial charge < -0.3 is 0 Å². The molecule has 0 spiro atoms. The topological polar surface area (TPSA) is 30.0 Å². The van der Waals surface area contributed by atoms with Crippen LogP contribution in [0.5, 0.6) is 0 Å². The van der Waals surface area contributed by atoms with E-state index in [-0.39, 0.29) is 5.78 Å². The van der Waals surface area contributed by atoms with Crippen molar-refractivity contribution < 1.29 is 4.79 Å². The van der Waals surface area contributed by atoms with Crippen molar-refractivity contribution >= 4 is 16.6 Å². The highest BCUT2D eigenvalue weighted by atomic mass is 16.1. The average Bonchev–Trinajstić information content (AvgIpc) is 2.31. The number of Topliss-reactive ketones (excluding diaryl/α,β-unsaturated/α-hetero) is 1. The van der Waals surface area contributed by atoms with Crippen LogP contribution in [0.4, 0.5) is 0 Å². The summed E-state index contributed by atoms with van der Waals surface area (Å²) in [5.74, 6) is 0.0960. The number of aromatic nitrogens is 1. The van der Waals surface area contributed by atoms with Gasteiger partial charge in [-0.05, 0) is 24.4 Å². The molecule has 0 amide bonds. The maximum atomic E-state index is 11.1. The Bertz CT molecular complexity index is 463. The Hall–Kier alpha value is -1.70. The molecule has 0 radical (unpaired) electrons. The zero-order valence-corrected chi connectivity index (χ0v) is 9.32. The zero-order chi connectivity index (χ0) is 11.3. The summed E-state index contributed by atoms with van der Waals surface area (Å²) in [6.45, 7) is 5.57. The third-order valence-electron chi connectivity index (χ3n) is 2.05. The summed E-state index contributed by atoms with van der Waals surface area (Å²) in [7, 11) is 0. The van der Waals surface area contributed by atoms with Gasteiger partial charge in [0.05, 0.1) is 0 Å². The molecule has 0 saturated carbocycles. The Morgan fingerprint density at radius 1 is 1.13 bits per heavy atom. The second-order valence-corrected chi connectivity index (χ2v) is 2.99. The summed E-state index contributed by atoms with van der Waals surface area (Å²) in [6.07, 6.45) is 3.52. The quantitative estimate of drug-likeness (QED) is 0.661. The standard InChI is InChI=1S/C11H9NO.C2H6/c1-8(13)9-2-3-11-7-12-5-4-10(11)6-9;1-2/h2-7H,1H3;1-2H3. The lowest BCUT2D eigenvalue weighted by Gasteiger charge is -1.98. The van der Waals surface area contributed by atoms with Crippen molar-refractivity contribution in [1.82, 2.24) is 4.98 Å². The Labute approximate surface area is 90.0 Å². The van der Waals surface area contributed by atoms with Gasteiger partial charge in [0, 0.05) is 23.3 Å². The van der Waals surface area contributed by atoms with Crippen molar-refractivity contribution in [2.75, 3.05) is 0 Å². The first-order valence-electron chi connectivity index (χ1n) is 5.12. The molecule has 15 heavy (non-hydrogen) atoms. The van der Waals surface area contributed by atoms with Crippen LogP contribution in [0.25, 0.3) is 10.8 Å². The number of hydrogen-bond donors (Lipinski definition) is 0. The number of rotatable bonds is 1. The van der Waals surface area contributed by atoms with Crippen LogP contribution < -0.4 is 0 Å². The van der Waals surface area contributed by atoms with Crippen LogP contribution in [0.1, 0.15) is 31.1 Å². The predicted octanol–water partition coefficient (Wildman–Crippen LogP) is 3.46. The number of fused-ring (bicyclic) bond motifs is 1. The number of ketones is 1. The zero-order valence-electron chi connectivity index (χ0n) is 9.32. The molecule has 0 aliphatic rings. The molecule has 0 unspecified atom stereocenters. The highest BCUT2D eigenvalue weighted by Gasteiger charge is 1.99. The Morgan fingerprint density at radius 3 is 2.53 bits per heavy atom. The molecule has 2 rings (SSSR count). The molecule has 0 bridgehead atoms. The molecular weight excluding hydrogens is 186 g/mol. The van der Waals surface area contributed by atoms with Gasteiger partial charge in [0.1, 0.15) is 0 Å². The predicted molar refractivity (Wildman–Crippen MR) is 63.1 cm³/mol. The monoisotopic (exact) mass is 201 g/mol. The molecule has 2 nitrogen and oxygen atoms in total. The fraction of sp³-hybridized carbons (Fsp3) is 0.231. The SMILES string of the molecule is CC.CC(=O)c1ccc2cnccc2c1. The molecule has 0 aliphatic carbocycles. The van der Waals surface area contributed by atoms with Gasteiger partial charge in [0.15, 0.2) is 5.78 Å². The Balaban J connectivity index is 0.000000531. The smallest absolute Gasteiger partial charge is 0.159 e. The maximum absolute atomic E-state index is 11.1. The third kappa shape index (κ3) is 2.62. The minimum absolute atomic E-state index is 0.0960. The first-order chi connectivity index (χ1) is 7.27. The minimum atomic E-state index is 0.0960. The first kappa shape index (κ1) is 11.4. The van der Waals surface area contributed by atoms with Gasteiger partial charge in [-0.3, -0.25) is 9.78 Å². The van der Waals surface area contributed by atoms with Gasteiger partial charge in [-0.1, -0.05) is 26.0 Å². The molecule has 0 atom stereocenters. The summed E-state index contributed by atoms with van der Waals surface area (Å²) in [4.78, 5) is 15.1. The number of pyridine rings is 1. The highest BCUT2D eigenvalue weighted by molar-refractivity contribution is 5.98. The van der Waals surface area contributed by atoms with E-state index < -0.39 is 0 Å². The van der Waals surface area contributed by atoms with Crippen LogP contribution in [-0.4, -0.2) is 10.8 Å². The van der Waals surface area contributed by atoms with E-state index >= 15 is 0 Å². The van der Waals surface area contributed by atoms with Gasteiger partial charge in [-0.25, -0.2) is 0 Å². The average molecular weight is 201 g/mol. The van der Waals surface area contributed by atoms with E-state index in [4.69, 9.17) is 0 Å². The van der Waals surface area contributed by atoms with E-state index in [9.17, 15) is 4.79 Å². The van der Waals surface area contributed by atoms with E-state index in [0.29, 0.717) is 0 Å². The second-order valence-electron chi connectivity index (χ2n) is 2.99. The molecule has 1 aromatic heterocycles. The van der Waals surface area contributed by atoms with Crippen LogP contribution in [0.3, 0.4) is 0 Å². The lowest BCUT2D eigenvalue weighted by molar-refractivity contribution is 0.101. The van der Waals surface area contributed by atoms with Crippen molar-refractivity contribution in [2.45, 2.75) is 20.8 Å². The fourth-order valence-corrected chi connectivity index (χ4v) is 1.30. The second kappa shape index (κ2) is 5.25. The molecule has 0 aliphatic heterocycles. The van der Waals surface area contributed by atoms with Crippen LogP contribution >= 0.6 is 0 Å². The van der Waals surface area contributed by atoms with Crippen LogP contribution in [0.2, 0.25) is 0 Å². The van der Waals surface area contributed by atoms with Crippen molar-refractivity contribution in [1.29, 1.82) is 0 Å². The van der Waals surface area contributed by atoms with Gasteiger partial charge in [-0.2, -0.15) is 0 Å². The number of carbonyl (C=O) groups excluding carboxylic acids is 1. The highest BCUT2D eigenvalue weighted by Crippen LogP contribution is 2.14. The fourth-order valence-electron chi connectivity index (χ4n) is 1.30. The molecule has 1 aromatic carbocycles. The number of nitrogens with zero attached hydrogens (tertiary/aromatic N) is 1. The van der Waals surface area contributed by atoms with E-state index in [1.54, 1.807) is 19.3 Å². The molecule has 78 valence electrons. The number of benzene rings is 1. The van der Waals surface area contributed by atoms with E-state index in [2.05, 4.69) is 4.98 Å². The van der Waals surface area contributed by atoms with Crippen LogP contribution in [0, 0.1) is 0 Å². The normalized spacial score (nSPS) is 9.27. The van der Waals surface area contributed by atoms with E-state index in [1.807, 2.05) is 38.1 Å². The molecule has 0 N–H and O–H groups in total. The van der Waals surface area contributed by atoms with Crippen molar-refractivity contribution in [3.63, 3.8) is 0 Å². The van der Waals surface area contributed by atoms with E-state index in [1.165, 1.54) is 0 Å². The van der Waals surface area contributed by atoms with Crippen LogP contribution in [-0.2, 0) is 0 Å². The lowest BCUT2D eigenvalue weighted by atomic mass is 10.1. The summed E-state index contributed by atoms with van der Waals surface area (Å²) in [5, 5.41) is 2.12. The lowest BCUT2D eigenvalue weighted by Crippen LogP contribution is -1.90. The first-order valence-corrected chi connectivity index (χ1v) is 5.12. The summed E-state index contributed by atoms with van der Waals surface area (Å²) in [5.41, 5.74) is 0.749. The van der Waals surface area contributed by atoms with Crippen LogP contribution in [0.15, 0.2) is 36.7 Å². The molecule has 0 fully saturated rings. The molecule has 1 heterocycles. The van der Waals surface area contributed by atoms with Gasteiger partial charge in [0.2, 0.25) is 0 Å². The molecule has 2 aromatic rings. The molecule has 2 heteroatoms. The largest absolute Gasteiger partial charge is 0.295 e. The number of hydrogen-bond acceptors (Lipinski definition) is 2. The van der Waals surface area contributed by atoms with Gasteiger partial charge >= 0.3 is 0 Å². The Morgan fingerprint density at radius 2 is 1.87 bits per heavy atom. The van der Waals surface area contributed by atoms with Crippen molar-refractivity contribution in [3.05, 3.63) is 42.2 Å². The van der Waals surface area contributed by atoms with Crippen molar-refractivity contribution in [3.8, 4) is 0 Å². The summed E-state index contributed by atoms with van der Waals surface area (Å²) in [6, 6.07) is 7.53. The minimum Gasteiger partial charge on any atom is -0.295 e. The third-order valence-corrected chi connectivity index (χ3v) is 2.05. The summed E-state index contributed by atoms with van der Waals surface area (Å²) >= 11 is 0. The van der Waals surface area contributed by atoms with E-state index in [0.717, 1.165) is 16.3 Å². The molecular formula is C13H15NO. The van der Waals surface area contributed by atoms with Gasteiger partial charge in [-0.15, -0.1) is 0 Å². The number of carbonyl (C=O) groups is 1. The van der Waals surface area contributed by atoms with Gasteiger partial charge in [0.25, 0.3) is 0 Å². The Kier molecular flexibility index (Phi) is 3.98.